The second-order valence-electron chi connectivity index (χ2n) is 6.44. The van der Waals surface area contributed by atoms with Gasteiger partial charge in [-0.05, 0) is 42.9 Å². The number of ether oxygens (including phenoxy) is 1. The fourth-order valence-corrected chi connectivity index (χ4v) is 3.33. The van der Waals surface area contributed by atoms with E-state index in [1.54, 1.807) is 12.1 Å². The lowest BCUT2D eigenvalue weighted by Gasteiger charge is -2.22. The first-order valence-electron chi connectivity index (χ1n) is 8.63. The monoisotopic (exact) mass is 325 g/mol. The zero-order chi connectivity index (χ0) is 16.9. The van der Waals surface area contributed by atoms with E-state index < -0.39 is 12.2 Å². The number of pyridine rings is 1. The quantitative estimate of drug-likeness (QED) is 0.826. The minimum Gasteiger partial charge on any atom is -0.441 e. The number of rotatable bonds is 3. The van der Waals surface area contributed by atoms with Crippen LogP contribution in [-0.4, -0.2) is 10.7 Å². The molecule has 126 valence electrons. The van der Waals surface area contributed by atoms with Crippen LogP contribution in [0, 0.1) is 0 Å². The van der Waals surface area contributed by atoms with E-state index in [4.69, 9.17) is 4.74 Å². The average Bonchev–Trinajstić information content (AvgIpc) is 2.63. The van der Waals surface area contributed by atoms with E-state index in [9.17, 15) is 9.59 Å². The molecule has 0 spiro atoms. The Kier molecular flexibility index (Phi) is 5.14. The second kappa shape index (κ2) is 7.47. The van der Waals surface area contributed by atoms with Crippen molar-refractivity contribution < 1.29 is 9.53 Å². The van der Waals surface area contributed by atoms with Crippen molar-refractivity contribution in [2.75, 3.05) is 0 Å². The molecule has 0 aliphatic heterocycles. The Balaban J connectivity index is 1.66. The molecule has 0 bridgehead atoms. The summed E-state index contributed by atoms with van der Waals surface area (Å²) in [4.78, 5) is 23.8. The third kappa shape index (κ3) is 3.75. The van der Waals surface area contributed by atoms with E-state index >= 15 is 0 Å². The molecule has 3 rings (SSSR count). The summed E-state index contributed by atoms with van der Waals surface area (Å²) in [5.41, 5.74) is 1.92. The SMILES string of the molecule is C[C@@H](OC(=O)n1ccccc1=O)c1ccc(C2CCCCC2)cc1. The van der Waals surface area contributed by atoms with Gasteiger partial charge in [0.25, 0.3) is 5.56 Å². The van der Waals surface area contributed by atoms with Crippen LogP contribution in [0.3, 0.4) is 0 Å². The Morgan fingerprint density at radius 1 is 1.08 bits per heavy atom. The Morgan fingerprint density at radius 2 is 1.79 bits per heavy atom. The smallest absolute Gasteiger partial charge is 0.421 e. The van der Waals surface area contributed by atoms with E-state index in [2.05, 4.69) is 12.1 Å². The fourth-order valence-electron chi connectivity index (χ4n) is 3.33. The van der Waals surface area contributed by atoms with Crippen molar-refractivity contribution in [1.82, 2.24) is 4.57 Å². The molecule has 4 nitrogen and oxygen atoms in total. The van der Waals surface area contributed by atoms with Gasteiger partial charge in [0, 0.05) is 12.3 Å². The van der Waals surface area contributed by atoms with Gasteiger partial charge in [-0.2, -0.15) is 0 Å². The Hall–Kier alpha value is -2.36. The molecule has 1 atom stereocenters. The van der Waals surface area contributed by atoms with Gasteiger partial charge >= 0.3 is 6.09 Å². The molecule has 1 heterocycles. The maximum absolute atomic E-state index is 12.1. The molecular weight excluding hydrogens is 302 g/mol. The van der Waals surface area contributed by atoms with Crippen LogP contribution in [-0.2, 0) is 4.74 Å². The Bertz CT molecular complexity index is 742. The number of hydrogen-bond acceptors (Lipinski definition) is 3. The standard InChI is InChI=1S/C20H23NO3/c1-15(24-20(23)21-14-6-5-9-19(21)22)16-10-12-18(13-11-16)17-7-3-2-4-8-17/h5-6,9-15,17H,2-4,7-8H2,1H3/t15-/m1/s1. The normalized spacial score (nSPS) is 16.5. The van der Waals surface area contributed by atoms with Gasteiger partial charge in [-0.25, -0.2) is 9.36 Å². The van der Waals surface area contributed by atoms with Gasteiger partial charge in [0.1, 0.15) is 6.10 Å². The molecule has 1 aliphatic rings. The first-order chi connectivity index (χ1) is 11.6. The second-order valence-corrected chi connectivity index (χ2v) is 6.44. The van der Waals surface area contributed by atoms with Gasteiger partial charge < -0.3 is 4.74 Å². The molecule has 4 heteroatoms. The van der Waals surface area contributed by atoms with Crippen LogP contribution in [0.1, 0.15) is 62.2 Å². The minimum atomic E-state index is -0.649. The predicted octanol–water partition coefficient (Wildman–Crippen LogP) is 4.64. The van der Waals surface area contributed by atoms with Crippen LogP contribution in [0.4, 0.5) is 4.79 Å². The number of aromatic nitrogens is 1. The van der Waals surface area contributed by atoms with Gasteiger partial charge in [0.05, 0.1) is 0 Å². The Labute approximate surface area is 142 Å². The highest BCUT2D eigenvalue weighted by atomic mass is 16.6. The van der Waals surface area contributed by atoms with E-state index in [-0.39, 0.29) is 5.56 Å². The predicted molar refractivity (Wildman–Crippen MR) is 93.3 cm³/mol. The highest BCUT2D eigenvalue weighted by molar-refractivity contribution is 5.70. The van der Waals surface area contributed by atoms with Crippen molar-refractivity contribution in [3.05, 3.63) is 70.1 Å². The molecule has 0 saturated heterocycles. The first-order valence-corrected chi connectivity index (χ1v) is 8.63. The van der Waals surface area contributed by atoms with Crippen LogP contribution in [0.2, 0.25) is 0 Å². The molecule has 2 aromatic rings. The molecule has 1 aromatic carbocycles. The summed E-state index contributed by atoms with van der Waals surface area (Å²) < 4.78 is 6.39. The molecule has 24 heavy (non-hydrogen) atoms. The maximum Gasteiger partial charge on any atom is 0.421 e. The lowest BCUT2D eigenvalue weighted by atomic mass is 9.84. The summed E-state index contributed by atoms with van der Waals surface area (Å²) in [6.07, 6.45) is 6.87. The Morgan fingerprint density at radius 3 is 2.46 bits per heavy atom. The summed E-state index contributed by atoms with van der Waals surface area (Å²) in [5, 5.41) is 0. The van der Waals surface area contributed by atoms with Crippen molar-refractivity contribution in [2.24, 2.45) is 0 Å². The molecule has 1 aliphatic carbocycles. The van der Waals surface area contributed by atoms with Gasteiger partial charge in [-0.15, -0.1) is 0 Å². The van der Waals surface area contributed by atoms with Gasteiger partial charge in [-0.3, -0.25) is 4.79 Å². The van der Waals surface area contributed by atoms with Crippen molar-refractivity contribution in [2.45, 2.75) is 51.0 Å². The van der Waals surface area contributed by atoms with Crippen molar-refractivity contribution in [1.29, 1.82) is 0 Å². The first kappa shape index (κ1) is 16.5. The van der Waals surface area contributed by atoms with E-state index in [1.807, 2.05) is 19.1 Å². The molecule has 0 radical (unpaired) electrons. The van der Waals surface area contributed by atoms with Crippen molar-refractivity contribution >= 4 is 6.09 Å². The van der Waals surface area contributed by atoms with Crippen molar-refractivity contribution in [3.8, 4) is 0 Å². The lowest BCUT2D eigenvalue weighted by Crippen LogP contribution is -2.27. The minimum absolute atomic E-state index is 0.387. The zero-order valence-electron chi connectivity index (χ0n) is 14.0. The lowest BCUT2D eigenvalue weighted by molar-refractivity contribution is 0.107. The van der Waals surface area contributed by atoms with Crippen LogP contribution in [0.15, 0.2) is 53.5 Å². The number of carbonyl (C=O) groups excluding carboxylic acids is 1. The molecule has 0 unspecified atom stereocenters. The highest BCUT2D eigenvalue weighted by Crippen LogP contribution is 2.33. The summed E-state index contributed by atoms with van der Waals surface area (Å²) in [6, 6.07) is 12.9. The molecule has 0 N–H and O–H groups in total. The van der Waals surface area contributed by atoms with E-state index in [0.29, 0.717) is 5.92 Å². The summed E-state index contributed by atoms with van der Waals surface area (Å²) in [6.45, 7) is 1.82. The number of hydrogen-bond donors (Lipinski definition) is 0. The number of nitrogens with zero attached hydrogens (tertiary/aromatic N) is 1. The molecule has 1 saturated carbocycles. The zero-order valence-corrected chi connectivity index (χ0v) is 14.0. The largest absolute Gasteiger partial charge is 0.441 e. The molecular formula is C20H23NO3. The molecule has 0 amide bonds. The topological polar surface area (TPSA) is 48.3 Å². The molecule has 1 aromatic heterocycles. The maximum atomic E-state index is 12.1. The van der Waals surface area contributed by atoms with Gasteiger partial charge in [0.2, 0.25) is 0 Å². The average molecular weight is 325 g/mol. The van der Waals surface area contributed by atoms with Crippen LogP contribution < -0.4 is 5.56 Å². The van der Waals surface area contributed by atoms with Gasteiger partial charge in [-0.1, -0.05) is 49.6 Å². The third-order valence-corrected chi connectivity index (χ3v) is 4.78. The summed E-state index contributed by atoms with van der Waals surface area (Å²) in [7, 11) is 0. The molecule has 1 fully saturated rings. The van der Waals surface area contributed by atoms with E-state index in [0.717, 1.165) is 10.1 Å². The van der Waals surface area contributed by atoms with Crippen LogP contribution in [0.25, 0.3) is 0 Å². The fraction of sp³-hybridized carbons (Fsp3) is 0.400. The summed E-state index contributed by atoms with van der Waals surface area (Å²) in [5.74, 6) is 0.661. The number of benzene rings is 1. The van der Waals surface area contributed by atoms with E-state index in [1.165, 1.54) is 49.9 Å². The third-order valence-electron chi connectivity index (χ3n) is 4.78. The van der Waals surface area contributed by atoms with Crippen LogP contribution in [0.5, 0.6) is 0 Å². The van der Waals surface area contributed by atoms with Crippen LogP contribution >= 0.6 is 0 Å². The summed E-state index contributed by atoms with van der Waals surface area (Å²) >= 11 is 0. The number of carbonyl (C=O) groups is 1. The van der Waals surface area contributed by atoms with Gasteiger partial charge in [0.15, 0.2) is 0 Å². The van der Waals surface area contributed by atoms with Crippen molar-refractivity contribution in [3.63, 3.8) is 0 Å². The highest BCUT2D eigenvalue weighted by Gasteiger charge is 2.17.